The number of hydrogen-bond donors (Lipinski definition) is 0. The van der Waals surface area contributed by atoms with Gasteiger partial charge in [-0.3, -0.25) is 4.79 Å². The van der Waals surface area contributed by atoms with Crippen molar-refractivity contribution in [3.8, 4) is 11.4 Å². The highest BCUT2D eigenvalue weighted by atomic mass is 16.5. The van der Waals surface area contributed by atoms with E-state index in [-0.39, 0.29) is 12.5 Å². The summed E-state index contributed by atoms with van der Waals surface area (Å²) in [7, 11) is 1.75. The zero-order valence-corrected chi connectivity index (χ0v) is 16.7. The number of amides is 1. The van der Waals surface area contributed by atoms with E-state index in [9.17, 15) is 4.79 Å². The van der Waals surface area contributed by atoms with E-state index >= 15 is 0 Å². The lowest BCUT2D eigenvalue weighted by Crippen LogP contribution is -2.26. The Kier molecular flexibility index (Phi) is 5.56. The summed E-state index contributed by atoms with van der Waals surface area (Å²) in [6.07, 6.45) is 3.68. The van der Waals surface area contributed by atoms with Gasteiger partial charge < -0.3 is 14.2 Å². The van der Waals surface area contributed by atoms with Gasteiger partial charge in [-0.05, 0) is 24.3 Å². The van der Waals surface area contributed by atoms with Crippen molar-refractivity contribution in [3.63, 3.8) is 0 Å². The van der Waals surface area contributed by atoms with Gasteiger partial charge in [-0.15, -0.1) is 0 Å². The number of carbonyl (C=O) groups is 1. The number of hydrogen-bond acceptors (Lipinski definition) is 6. The molecule has 0 atom stereocenters. The molecular formula is C22H21N5O3. The van der Waals surface area contributed by atoms with Crippen LogP contribution in [0, 0.1) is 6.92 Å². The Morgan fingerprint density at radius 3 is 2.67 bits per heavy atom. The van der Waals surface area contributed by atoms with Gasteiger partial charge in [0.1, 0.15) is 5.75 Å². The van der Waals surface area contributed by atoms with Crippen LogP contribution in [0.3, 0.4) is 0 Å². The molecule has 0 fully saturated rings. The molecule has 1 amide bonds. The minimum absolute atomic E-state index is 0.120. The van der Waals surface area contributed by atoms with Crippen LogP contribution in [0.2, 0.25) is 0 Å². The summed E-state index contributed by atoms with van der Waals surface area (Å²) < 4.78 is 12.5. The highest BCUT2D eigenvalue weighted by Gasteiger charge is 2.18. The molecule has 0 saturated carbocycles. The average molecular weight is 403 g/mol. The van der Waals surface area contributed by atoms with E-state index in [2.05, 4.69) is 15.2 Å². The molecule has 0 spiro atoms. The van der Waals surface area contributed by atoms with Gasteiger partial charge in [0.05, 0.1) is 17.4 Å². The predicted octanol–water partition coefficient (Wildman–Crippen LogP) is 3.41. The highest BCUT2D eigenvalue weighted by molar-refractivity contribution is 5.96. The molecule has 4 rings (SSSR count). The molecule has 2 heterocycles. The number of ether oxygens (including phenoxy) is 1. The number of benzene rings is 2. The lowest BCUT2D eigenvalue weighted by atomic mass is 10.1. The van der Waals surface area contributed by atoms with Gasteiger partial charge in [-0.1, -0.05) is 35.5 Å². The van der Waals surface area contributed by atoms with Crippen LogP contribution in [-0.2, 0) is 13.2 Å². The Hall–Kier alpha value is -3.94. The predicted molar refractivity (Wildman–Crippen MR) is 109 cm³/mol. The van der Waals surface area contributed by atoms with Crippen molar-refractivity contribution in [1.82, 2.24) is 24.8 Å². The monoisotopic (exact) mass is 403 g/mol. The first-order valence-corrected chi connectivity index (χ1v) is 9.45. The van der Waals surface area contributed by atoms with E-state index in [0.29, 0.717) is 29.6 Å². The SMILES string of the molecule is Cc1nc(COc2ccccc2C(=O)N(C)Cc2cnn(-c3ccccc3)c2)no1. The molecule has 8 nitrogen and oxygen atoms in total. The van der Waals surface area contributed by atoms with E-state index in [1.54, 1.807) is 47.9 Å². The van der Waals surface area contributed by atoms with Crippen LogP contribution in [0.4, 0.5) is 0 Å². The fourth-order valence-electron chi connectivity index (χ4n) is 3.03. The van der Waals surface area contributed by atoms with Crippen LogP contribution in [0.5, 0.6) is 5.75 Å². The highest BCUT2D eigenvalue weighted by Crippen LogP contribution is 2.21. The van der Waals surface area contributed by atoms with Crippen LogP contribution in [-0.4, -0.2) is 37.8 Å². The van der Waals surface area contributed by atoms with Gasteiger partial charge in [0.15, 0.2) is 6.61 Å². The van der Waals surface area contributed by atoms with Crippen LogP contribution >= 0.6 is 0 Å². The molecule has 0 aliphatic heterocycles. The Morgan fingerprint density at radius 2 is 1.90 bits per heavy atom. The molecular weight excluding hydrogens is 382 g/mol. The zero-order chi connectivity index (χ0) is 20.9. The number of rotatable bonds is 7. The van der Waals surface area contributed by atoms with Crippen molar-refractivity contribution in [2.75, 3.05) is 7.05 Å². The van der Waals surface area contributed by atoms with Gasteiger partial charge in [0, 0.05) is 32.3 Å². The maximum absolute atomic E-state index is 13.0. The molecule has 4 aromatic rings. The molecule has 8 heteroatoms. The largest absolute Gasteiger partial charge is 0.485 e. The lowest BCUT2D eigenvalue weighted by molar-refractivity contribution is 0.0780. The second-order valence-corrected chi connectivity index (χ2v) is 6.80. The van der Waals surface area contributed by atoms with Crippen molar-refractivity contribution in [3.05, 3.63) is 89.8 Å². The maximum atomic E-state index is 13.0. The van der Waals surface area contributed by atoms with Crippen molar-refractivity contribution >= 4 is 5.91 Å². The maximum Gasteiger partial charge on any atom is 0.257 e. The minimum atomic E-state index is -0.151. The summed E-state index contributed by atoms with van der Waals surface area (Å²) in [5.41, 5.74) is 2.36. The van der Waals surface area contributed by atoms with Gasteiger partial charge in [-0.2, -0.15) is 10.1 Å². The van der Waals surface area contributed by atoms with Crippen molar-refractivity contribution in [2.24, 2.45) is 0 Å². The Morgan fingerprint density at radius 1 is 1.13 bits per heavy atom. The van der Waals surface area contributed by atoms with Crippen LogP contribution in [0.1, 0.15) is 27.6 Å². The third-order valence-corrected chi connectivity index (χ3v) is 4.47. The van der Waals surface area contributed by atoms with Crippen molar-refractivity contribution in [1.29, 1.82) is 0 Å². The fourth-order valence-corrected chi connectivity index (χ4v) is 3.03. The molecule has 30 heavy (non-hydrogen) atoms. The van der Waals surface area contributed by atoms with Crippen LogP contribution < -0.4 is 4.74 Å². The van der Waals surface area contributed by atoms with E-state index < -0.39 is 0 Å². The van der Waals surface area contributed by atoms with E-state index in [1.807, 2.05) is 42.6 Å². The average Bonchev–Trinajstić information content (AvgIpc) is 3.41. The summed E-state index contributed by atoms with van der Waals surface area (Å²) in [4.78, 5) is 18.8. The number of aromatic nitrogens is 4. The van der Waals surface area contributed by atoms with Crippen LogP contribution in [0.15, 0.2) is 71.5 Å². The van der Waals surface area contributed by atoms with Gasteiger partial charge >= 0.3 is 0 Å². The van der Waals surface area contributed by atoms with Gasteiger partial charge in [0.25, 0.3) is 5.91 Å². The topological polar surface area (TPSA) is 86.3 Å². The molecule has 2 aromatic heterocycles. The quantitative estimate of drug-likeness (QED) is 0.470. The molecule has 0 N–H and O–H groups in total. The standard InChI is InChI=1S/C22H21N5O3/c1-16-24-21(25-30-16)15-29-20-11-7-6-10-19(20)22(28)26(2)13-17-12-23-27(14-17)18-8-4-3-5-9-18/h3-12,14H,13,15H2,1-2H3. The van der Waals surface area contributed by atoms with Crippen molar-refractivity contribution < 1.29 is 14.1 Å². The summed E-state index contributed by atoms with van der Waals surface area (Å²) in [5.74, 6) is 1.21. The number of aryl methyl sites for hydroxylation is 1. The normalized spacial score (nSPS) is 10.7. The summed E-state index contributed by atoms with van der Waals surface area (Å²) in [5, 5.41) is 8.19. The third kappa shape index (κ3) is 4.38. The lowest BCUT2D eigenvalue weighted by Gasteiger charge is -2.18. The van der Waals surface area contributed by atoms with E-state index in [1.165, 1.54) is 0 Å². The molecule has 0 aliphatic carbocycles. The molecule has 0 radical (unpaired) electrons. The summed E-state index contributed by atoms with van der Waals surface area (Å²) >= 11 is 0. The van der Waals surface area contributed by atoms with Crippen LogP contribution in [0.25, 0.3) is 5.69 Å². The number of nitrogens with zero attached hydrogens (tertiary/aromatic N) is 5. The van der Waals surface area contributed by atoms with E-state index in [4.69, 9.17) is 9.26 Å². The Balaban J connectivity index is 1.44. The number of carbonyl (C=O) groups excluding carboxylic acids is 1. The third-order valence-electron chi connectivity index (χ3n) is 4.47. The molecule has 2 aromatic carbocycles. The first-order valence-electron chi connectivity index (χ1n) is 9.45. The minimum Gasteiger partial charge on any atom is -0.485 e. The van der Waals surface area contributed by atoms with Gasteiger partial charge in [0.2, 0.25) is 11.7 Å². The molecule has 0 unspecified atom stereocenters. The Labute approximate surface area is 173 Å². The zero-order valence-electron chi connectivity index (χ0n) is 16.7. The first-order chi connectivity index (χ1) is 14.6. The second-order valence-electron chi connectivity index (χ2n) is 6.80. The summed E-state index contributed by atoms with van der Waals surface area (Å²) in [6.45, 7) is 2.25. The van der Waals surface area contributed by atoms with E-state index in [0.717, 1.165) is 11.3 Å². The Bertz CT molecular complexity index is 1140. The summed E-state index contributed by atoms with van der Waals surface area (Å²) in [6, 6.07) is 16.9. The first kappa shape index (κ1) is 19.4. The second kappa shape index (κ2) is 8.60. The fraction of sp³-hybridized carbons (Fsp3) is 0.182. The van der Waals surface area contributed by atoms with Crippen molar-refractivity contribution in [2.45, 2.75) is 20.1 Å². The van der Waals surface area contributed by atoms with Gasteiger partial charge in [-0.25, -0.2) is 4.68 Å². The smallest absolute Gasteiger partial charge is 0.257 e. The molecule has 0 saturated heterocycles. The molecule has 0 aliphatic rings. The molecule has 152 valence electrons. The molecule has 0 bridgehead atoms. The number of para-hydroxylation sites is 2.